The van der Waals surface area contributed by atoms with Crippen LogP contribution in [0.1, 0.15) is 26.7 Å². The van der Waals surface area contributed by atoms with Gasteiger partial charge in [0.05, 0.1) is 5.54 Å². The van der Waals surface area contributed by atoms with Crippen molar-refractivity contribution in [1.29, 1.82) is 0 Å². The fraction of sp³-hybridized carbons (Fsp3) is 0.636. The lowest BCUT2D eigenvalue weighted by molar-refractivity contribution is 0.482. The second kappa shape index (κ2) is 6.30. The van der Waals surface area contributed by atoms with Gasteiger partial charge in [-0.3, -0.25) is 0 Å². The molecular formula is C11H18ClN3S. The molecule has 0 atom stereocenters. The van der Waals surface area contributed by atoms with Crippen LogP contribution in [0.3, 0.4) is 0 Å². The summed E-state index contributed by atoms with van der Waals surface area (Å²) in [5, 5.41) is 4.39. The number of nitrogens with one attached hydrogen (secondary N) is 1. The molecule has 0 aliphatic carbocycles. The Bertz CT molecular complexity index is 320. The Kier molecular flexibility index (Phi) is 5.35. The van der Waals surface area contributed by atoms with Crippen molar-refractivity contribution in [2.24, 2.45) is 0 Å². The van der Waals surface area contributed by atoms with E-state index in [0.717, 1.165) is 23.7 Å². The van der Waals surface area contributed by atoms with Crippen LogP contribution in [-0.2, 0) is 0 Å². The zero-order valence-corrected chi connectivity index (χ0v) is 11.5. The predicted molar refractivity (Wildman–Crippen MR) is 71.5 cm³/mol. The first kappa shape index (κ1) is 13.6. The largest absolute Gasteiger partial charge is 0.363 e. The van der Waals surface area contributed by atoms with E-state index < -0.39 is 0 Å². The molecule has 0 radical (unpaired) electrons. The Morgan fingerprint density at radius 2 is 2.06 bits per heavy atom. The molecule has 0 spiro atoms. The van der Waals surface area contributed by atoms with E-state index in [4.69, 9.17) is 11.6 Å². The zero-order chi connectivity index (χ0) is 12.0. The highest BCUT2D eigenvalue weighted by molar-refractivity contribution is 7.98. The van der Waals surface area contributed by atoms with Crippen LogP contribution in [0, 0.1) is 0 Å². The van der Waals surface area contributed by atoms with Gasteiger partial charge in [-0.25, -0.2) is 9.97 Å². The molecule has 0 fully saturated rings. The van der Waals surface area contributed by atoms with Crippen molar-refractivity contribution in [1.82, 2.24) is 9.97 Å². The summed E-state index contributed by atoms with van der Waals surface area (Å²) in [6.07, 6.45) is 5.54. The van der Waals surface area contributed by atoms with E-state index in [-0.39, 0.29) is 5.54 Å². The lowest BCUT2D eigenvalue weighted by Gasteiger charge is -2.31. The first-order valence-corrected chi connectivity index (χ1v) is 7.15. The van der Waals surface area contributed by atoms with Crippen molar-refractivity contribution in [3.63, 3.8) is 0 Å². The molecule has 0 aliphatic rings. The summed E-state index contributed by atoms with van der Waals surface area (Å²) in [6.45, 7) is 4.27. The Hall–Kier alpha value is -0.480. The maximum atomic E-state index is 6.04. The molecule has 1 aromatic heterocycles. The number of anilines is 1. The fourth-order valence-corrected chi connectivity index (χ4v) is 2.27. The molecule has 3 nitrogen and oxygen atoms in total. The third kappa shape index (κ3) is 3.25. The second-order valence-corrected chi connectivity index (χ2v) is 4.79. The normalized spacial score (nSPS) is 11.5. The van der Waals surface area contributed by atoms with Crippen molar-refractivity contribution in [3.8, 4) is 0 Å². The van der Waals surface area contributed by atoms with Gasteiger partial charge in [0.15, 0.2) is 0 Å². The molecule has 1 rings (SSSR count). The van der Waals surface area contributed by atoms with Crippen LogP contribution >= 0.6 is 23.4 Å². The van der Waals surface area contributed by atoms with Gasteiger partial charge in [0, 0.05) is 11.9 Å². The van der Waals surface area contributed by atoms with Gasteiger partial charge in [-0.05, 0) is 19.1 Å². The predicted octanol–water partition coefficient (Wildman–Crippen LogP) is 3.41. The number of nitrogens with zero attached hydrogens (tertiary/aromatic N) is 2. The van der Waals surface area contributed by atoms with Crippen LogP contribution in [0.25, 0.3) is 0 Å². The van der Waals surface area contributed by atoms with E-state index in [1.165, 1.54) is 0 Å². The number of hydrogen-bond donors (Lipinski definition) is 1. The molecule has 16 heavy (non-hydrogen) atoms. The van der Waals surface area contributed by atoms with Crippen molar-refractivity contribution in [3.05, 3.63) is 12.4 Å². The van der Waals surface area contributed by atoms with E-state index in [1.807, 2.05) is 12.3 Å². The summed E-state index contributed by atoms with van der Waals surface area (Å²) >= 11 is 7.64. The number of alkyl halides is 1. The maximum Gasteiger partial charge on any atom is 0.130 e. The summed E-state index contributed by atoms with van der Waals surface area (Å²) in [4.78, 5) is 8.37. The van der Waals surface area contributed by atoms with Crippen molar-refractivity contribution in [2.75, 3.05) is 17.5 Å². The molecule has 0 saturated heterocycles. The third-order valence-electron chi connectivity index (χ3n) is 2.85. The molecule has 90 valence electrons. The Labute approximate surface area is 106 Å². The van der Waals surface area contributed by atoms with E-state index in [9.17, 15) is 0 Å². The second-order valence-electron chi connectivity index (χ2n) is 3.69. The molecule has 5 heteroatoms. The smallest absolute Gasteiger partial charge is 0.130 e. The molecule has 0 bridgehead atoms. The van der Waals surface area contributed by atoms with Gasteiger partial charge in [-0.15, -0.1) is 23.4 Å². The standard InChI is InChI=1S/C11H18ClN3S/c1-4-11(5-2,7-12)15-9-6-10(16-3)14-8-13-9/h6,8H,4-5,7H2,1-3H3,(H,13,14,15). The van der Waals surface area contributed by atoms with E-state index >= 15 is 0 Å². The minimum atomic E-state index is -0.0639. The van der Waals surface area contributed by atoms with Gasteiger partial charge >= 0.3 is 0 Å². The zero-order valence-electron chi connectivity index (χ0n) is 9.96. The van der Waals surface area contributed by atoms with Crippen LogP contribution < -0.4 is 5.32 Å². The highest BCUT2D eigenvalue weighted by Gasteiger charge is 2.25. The van der Waals surface area contributed by atoms with Gasteiger partial charge in [0.1, 0.15) is 17.2 Å². The van der Waals surface area contributed by atoms with Gasteiger partial charge in [-0.2, -0.15) is 0 Å². The minimum Gasteiger partial charge on any atom is -0.363 e. The molecule has 0 amide bonds. The Morgan fingerprint density at radius 1 is 1.38 bits per heavy atom. The first-order chi connectivity index (χ1) is 7.69. The molecule has 0 aliphatic heterocycles. The van der Waals surface area contributed by atoms with Gasteiger partial charge in [-0.1, -0.05) is 13.8 Å². The van der Waals surface area contributed by atoms with E-state index in [2.05, 4.69) is 29.1 Å². The number of rotatable bonds is 6. The molecular weight excluding hydrogens is 242 g/mol. The SMILES string of the molecule is CCC(CC)(CCl)Nc1cc(SC)ncn1. The fourth-order valence-electron chi connectivity index (χ4n) is 1.44. The first-order valence-electron chi connectivity index (χ1n) is 5.40. The van der Waals surface area contributed by atoms with Crippen molar-refractivity contribution >= 4 is 29.2 Å². The Morgan fingerprint density at radius 3 is 2.56 bits per heavy atom. The number of halogens is 1. The van der Waals surface area contributed by atoms with Crippen LogP contribution in [0.15, 0.2) is 17.4 Å². The average Bonchev–Trinajstić information content (AvgIpc) is 2.36. The summed E-state index contributed by atoms with van der Waals surface area (Å²) < 4.78 is 0. The third-order valence-corrected chi connectivity index (χ3v) is 4.01. The molecule has 1 heterocycles. The van der Waals surface area contributed by atoms with E-state index in [0.29, 0.717) is 5.88 Å². The Balaban J connectivity index is 2.84. The summed E-state index contributed by atoms with van der Waals surface area (Å²) in [5.41, 5.74) is -0.0639. The monoisotopic (exact) mass is 259 g/mol. The van der Waals surface area contributed by atoms with Crippen molar-refractivity contribution in [2.45, 2.75) is 37.3 Å². The van der Waals surface area contributed by atoms with Gasteiger partial charge in [0.2, 0.25) is 0 Å². The molecule has 1 N–H and O–H groups in total. The quantitative estimate of drug-likeness (QED) is 0.483. The highest BCUT2D eigenvalue weighted by Crippen LogP contribution is 2.23. The van der Waals surface area contributed by atoms with Crippen LogP contribution in [0.2, 0.25) is 0 Å². The molecule has 1 aromatic rings. The summed E-state index contributed by atoms with van der Waals surface area (Å²) in [5.74, 6) is 1.43. The summed E-state index contributed by atoms with van der Waals surface area (Å²) in [7, 11) is 0. The highest BCUT2D eigenvalue weighted by atomic mass is 35.5. The number of aromatic nitrogens is 2. The number of thioether (sulfide) groups is 1. The topological polar surface area (TPSA) is 37.8 Å². The van der Waals surface area contributed by atoms with E-state index in [1.54, 1.807) is 18.1 Å². The lowest BCUT2D eigenvalue weighted by atomic mass is 9.95. The molecule has 0 unspecified atom stereocenters. The maximum absolute atomic E-state index is 6.04. The van der Waals surface area contributed by atoms with Crippen LogP contribution in [0.5, 0.6) is 0 Å². The van der Waals surface area contributed by atoms with Crippen LogP contribution in [-0.4, -0.2) is 27.6 Å². The van der Waals surface area contributed by atoms with Gasteiger partial charge in [0.25, 0.3) is 0 Å². The minimum absolute atomic E-state index is 0.0639. The lowest BCUT2D eigenvalue weighted by Crippen LogP contribution is -2.39. The van der Waals surface area contributed by atoms with Crippen LogP contribution in [0.4, 0.5) is 5.82 Å². The average molecular weight is 260 g/mol. The molecule has 0 saturated carbocycles. The van der Waals surface area contributed by atoms with Gasteiger partial charge < -0.3 is 5.32 Å². The summed E-state index contributed by atoms with van der Waals surface area (Å²) in [6, 6.07) is 1.96. The molecule has 0 aromatic carbocycles. The van der Waals surface area contributed by atoms with Crippen molar-refractivity contribution < 1.29 is 0 Å². The number of hydrogen-bond acceptors (Lipinski definition) is 4.